The molecule has 2 heterocycles. The van der Waals surface area contributed by atoms with Gasteiger partial charge in [0.25, 0.3) is 5.91 Å². The Morgan fingerprint density at radius 3 is 2.60 bits per heavy atom. The van der Waals surface area contributed by atoms with Crippen LogP contribution in [-0.2, 0) is 21.8 Å². The standard InChI is InChI=1S/C17H27N3O4S/c1-19-13-15(25(22,23)20-7-9-24-10-8-20)11-16(19)17(21)18-12-14-5-3-2-4-6-14/h11,13-14H,2-10,12H2,1H3,(H,18,21). The van der Waals surface area contributed by atoms with E-state index >= 15 is 0 Å². The Morgan fingerprint density at radius 1 is 1.24 bits per heavy atom. The van der Waals surface area contributed by atoms with E-state index in [9.17, 15) is 13.2 Å². The second-order valence-electron chi connectivity index (χ2n) is 6.90. The Morgan fingerprint density at radius 2 is 1.92 bits per heavy atom. The van der Waals surface area contributed by atoms with E-state index in [1.807, 2.05) is 0 Å². The fourth-order valence-electron chi connectivity index (χ4n) is 3.56. The van der Waals surface area contributed by atoms with Crippen molar-refractivity contribution in [1.29, 1.82) is 0 Å². The van der Waals surface area contributed by atoms with E-state index in [1.54, 1.807) is 11.6 Å². The van der Waals surface area contributed by atoms with Gasteiger partial charge < -0.3 is 14.6 Å². The molecule has 0 radical (unpaired) electrons. The zero-order chi connectivity index (χ0) is 17.9. The smallest absolute Gasteiger partial charge is 0.267 e. The molecule has 0 spiro atoms. The maximum absolute atomic E-state index is 12.7. The van der Waals surface area contributed by atoms with Crippen molar-refractivity contribution in [2.45, 2.75) is 37.0 Å². The molecule has 0 aromatic carbocycles. The first-order valence-electron chi connectivity index (χ1n) is 9.01. The Labute approximate surface area is 149 Å². The molecule has 3 rings (SSSR count). The summed E-state index contributed by atoms with van der Waals surface area (Å²) < 4.78 is 33.6. The van der Waals surface area contributed by atoms with Gasteiger partial charge in [-0.05, 0) is 24.8 Å². The molecule has 1 N–H and O–H groups in total. The Hall–Kier alpha value is -1.38. The van der Waals surface area contributed by atoms with Crippen molar-refractivity contribution in [1.82, 2.24) is 14.2 Å². The topological polar surface area (TPSA) is 80.6 Å². The number of sulfonamides is 1. The molecule has 1 aliphatic carbocycles. The van der Waals surface area contributed by atoms with Crippen molar-refractivity contribution < 1.29 is 17.9 Å². The number of nitrogens with one attached hydrogen (secondary N) is 1. The molecular weight excluding hydrogens is 342 g/mol. The van der Waals surface area contributed by atoms with Crippen molar-refractivity contribution in [2.24, 2.45) is 13.0 Å². The van der Waals surface area contributed by atoms with Crippen LogP contribution in [0, 0.1) is 5.92 Å². The highest BCUT2D eigenvalue weighted by Crippen LogP contribution is 2.23. The molecular formula is C17H27N3O4S. The molecule has 25 heavy (non-hydrogen) atoms. The van der Waals surface area contributed by atoms with Gasteiger partial charge in [-0.25, -0.2) is 8.42 Å². The Kier molecular flexibility index (Phi) is 5.81. The first-order chi connectivity index (χ1) is 12.0. The molecule has 0 unspecified atom stereocenters. The van der Waals surface area contributed by atoms with Gasteiger partial charge in [0.1, 0.15) is 10.6 Å². The van der Waals surface area contributed by atoms with Gasteiger partial charge in [0.15, 0.2) is 0 Å². The highest BCUT2D eigenvalue weighted by molar-refractivity contribution is 7.89. The third-order valence-electron chi connectivity index (χ3n) is 5.10. The van der Waals surface area contributed by atoms with Gasteiger partial charge in [0, 0.05) is 32.9 Å². The summed E-state index contributed by atoms with van der Waals surface area (Å²) in [5.74, 6) is 0.325. The molecule has 2 aliphatic rings. The van der Waals surface area contributed by atoms with Crippen molar-refractivity contribution >= 4 is 15.9 Å². The number of hydrogen-bond acceptors (Lipinski definition) is 4. The molecule has 8 heteroatoms. The normalized spacial score (nSPS) is 20.5. The largest absolute Gasteiger partial charge is 0.379 e. The highest BCUT2D eigenvalue weighted by Gasteiger charge is 2.29. The lowest BCUT2D eigenvalue weighted by Crippen LogP contribution is -2.40. The average molecular weight is 369 g/mol. The van der Waals surface area contributed by atoms with Crippen LogP contribution in [0.15, 0.2) is 17.2 Å². The van der Waals surface area contributed by atoms with Crippen LogP contribution < -0.4 is 5.32 Å². The number of aryl methyl sites for hydroxylation is 1. The van der Waals surface area contributed by atoms with E-state index in [0.717, 1.165) is 12.8 Å². The molecule has 7 nitrogen and oxygen atoms in total. The maximum atomic E-state index is 12.7. The number of rotatable bonds is 5. The number of ether oxygens (including phenoxy) is 1. The van der Waals surface area contributed by atoms with Gasteiger partial charge in [-0.15, -0.1) is 0 Å². The number of carbonyl (C=O) groups excluding carboxylic acids is 1. The summed E-state index contributed by atoms with van der Waals surface area (Å²) in [6.07, 6.45) is 7.57. The van der Waals surface area contributed by atoms with Crippen LogP contribution in [0.4, 0.5) is 0 Å². The minimum absolute atomic E-state index is 0.166. The molecule has 0 atom stereocenters. The summed E-state index contributed by atoms with van der Waals surface area (Å²) in [5, 5.41) is 2.97. The van der Waals surface area contributed by atoms with Crippen molar-refractivity contribution in [2.75, 3.05) is 32.8 Å². The van der Waals surface area contributed by atoms with Crippen LogP contribution >= 0.6 is 0 Å². The molecule has 1 aliphatic heterocycles. The van der Waals surface area contributed by atoms with Crippen molar-refractivity contribution in [3.05, 3.63) is 18.0 Å². The van der Waals surface area contributed by atoms with Gasteiger partial charge >= 0.3 is 0 Å². The zero-order valence-electron chi connectivity index (χ0n) is 14.7. The molecule has 2 fully saturated rings. The van der Waals surface area contributed by atoms with E-state index < -0.39 is 10.0 Å². The Bertz CT molecular complexity index is 701. The number of amides is 1. The van der Waals surface area contributed by atoms with E-state index in [2.05, 4.69) is 5.32 Å². The van der Waals surface area contributed by atoms with Crippen molar-refractivity contribution in [3.63, 3.8) is 0 Å². The van der Waals surface area contributed by atoms with Crippen molar-refractivity contribution in [3.8, 4) is 0 Å². The van der Waals surface area contributed by atoms with Gasteiger partial charge in [-0.2, -0.15) is 4.31 Å². The fourth-order valence-corrected chi connectivity index (χ4v) is 5.04. The van der Waals surface area contributed by atoms with E-state index in [-0.39, 0.29) is 10.8 Å². The summed E-state index contributed by atoms with van der Waals surface area (Å²) in [7, 11) is -1.88. The van der Waals surface area contributed by atoms with Crippen LogP contribution in [0.2, 0.25) is 0 Å². The molecule has 1 saturated carbocycles. The van der Waals surface area contributed by atoms with Crippen LogP contribution in [0.25, 0.3) is 0 Å². The summed E-state index contributed by atoms with van der Waals surface area (Å²) in [6.45, 7) is 2.16. The van der Waals surface area contributed by atoms with Gasteiger partial charge in [-0.1, -0.05) is 19.3 Å². The molecule has 0 bridgehead atoms. The number of morpholine rings is 1. The van der Waals surface area contributed by atoms with Crippen LogP contribution in [0.5, 0.6) is 0 Å². The lowest BCUT2D eigenvalue weighted by Gasteiger charge is -2.25. The predicted molar refractivity (Wildman–Crippen MR) is 93.9 cm³/mol. The van der Waals surface area contributed by atoms with E-state index in [4.69, 9.17) is 4.74 Å². The highest BCUT2D eigenvalue weighted by atomic mass is 32.2. The Balaban J connectivity index is 1.67. The molecule has 1 aromatic rings. The maximum Gasteiger partial charge on any atom is 0.267 e. The average Bonchev–Trinajstić information content (AvgIpc) is 3.04. The van der Waals surface area contributed by atoms with E-state index in [0.29, 0.717) is 44.5 Å². The SMILES string of the molecule is Cn1cc(S(=O)(=O)N2CCOCC2)cc1C(=O)NCC1CCCCC1. The summed E-state index contributed by atoms with van der Waals surface area (Å²) in [5.41, 5.74) is 0.377. The van der Waals surface area contributed by atoms with Crippen LogP contribution in [0.3, 0.4) is 0 Å². The fraction of sp³-hybridized carbons (Fsp3) is 0.706. The summed E-state index contributed by atoms with van der Waals surface area (Å²) in [6, 6.07) is 1.47. The number of aromatic nitrogens is 1. The van der Waals surface area contributed by atoms with Crippen LogP contribution in [-0.4, -0.2) is 56.0 Å². The first-order valence-corrected chi connectivity index (χ1v) is 10.4. The molecule has 140 valence electrons. The third-order valence-corrected chi connectivity index (χ3v) is 6.96. The number of hydrogen-bond donors (Lipinski definition) is 1. The zero-order valence-corrected chi connectivity index (χ0v) is 15.6. The van der Waals surface area contributed by atoms with Gasteiger partial charge in [0.2, 0.25) is 10.0 Å². The summed E-state index contributed by atoms with van der Waals surface area (Å²) in [4.78, 5) is 12.6. The quantitative estimate of drug-likeness (QED) is 0.850. The lowest BCUT2D eigenvalue weighted by molar-refractivity contribution is 0.0730. The van der Waals surface area contributed by atoms with E-state index in [1.165, 1.54) is 35.8 Å². The number of nitrogens with zero attached hydrogens (tertiary/aromatic N) is 2. The molecule has 1 aromatic heterocycles. The van der Waals surface area contributed by atoms with Gasteiger partial charge in [-0.3, -0.25) is 4.79 Å². The predicted octanol–water partition coefficient (Wildman–Crippen LogP) is 1.36. The monoisotopic (exact) mass is 369 g/mol. The summed E-state index contributed by atoms with van der Waals surface area (Å²) >= 11 is 0. The van der Waals surface area contributed by atoms with Gasteiger partial charge in [0.05, 0.1) is 13.2 Å². The lowest BCUT2D eigenvalue weighted by atomic mass is 9.89. The number of carbonyl (C=O) groups is 1. The minimum atomic E-state index is -3.58. The second-order valence-corrected chi connectivity index (χ2v) is 8.84. The third kappa shape index (κ3) is 4.24. The second kappa shape index (κ2) is 7.88. The van der Waals surface area contributed by atoms with Crippen LogP contribution in [0.1, 0.15) is 42.6 Å². The molecule has 1 saturated heterocycles. The first kappa shape index (κ1) is 18.4. The molecule has 1 amide bonds. The minimum Gasteiger partial charge on any atom is -0.379 e.